The molecule has 3 atom stereocenters. The predicted molar refractivity (Wildman–Crippen MR) is 176 cm³/mol. The van der Waals surface area contributed by atoms with Crippen LogP contribution in [0.25, 0.3) is 0 Å². The molecule has 46 heavy (non-hydrogen) atoms. The van der Waals surface area contributed by atoms with E-state index in [2.05, 4.69) is 15.6 Å². The Morgan fingerprint density at radius 2 is 1.59 bits per heavy atom. The summed E-state index contributed by atoms with van der Waals surface area (Å²) in [6, 6.07) is 13.9. The summed E-state index contributed by atoms with van der Waals surface area (Å²) in [6.07, 6.45) is 4.56. The van der Waals surface area contributed by atoms with Gasteiger partial charge in [-0.3, -0.25) is 24.8 Å². The highest BCUT2D eigenvalue weighted by atomic mass is 16.4. The highest BCUT2D eigenvalue weighted by Gasteiger charge is 2.37. The minimum Gasteiger partial charge on any atom is -0.480 e. The lowest BCUT2D eigenvalue weighted by Gasteiger charge is -2.32. The molecular formula is C33H46N8O5. The fraction of sp³-hybridized carbons (Fsp3) is 0.455. The van der Waals surface area contributed by atoms with Crippen LogP contribution in [0.3, 0.4) is 0 Å². The second kappa shape index (κ2) is 17.5. The number of carbonyl (C=O) groups excluding carboxylic acids is 3. The predicted octanol–water partition coefficient (Wildman–Crippen LogP) is 1.48. The number of rotatable bonds is 16. The zero-order valence-electron chi connectivity index (χ0n) is 26.3. The first-order valence-electron chi connectivity index (χ1n) is 15.6. The monoisotopic (exact) mass is 634 g/mol. The Morgan fingerprint density at radius 1 is 0.935 bits per heavy atom. The first kappa shape index (κ1) is 35.5. The Hall–Kier alpha value is -4.94. The molecule has 0 radical (unpaired) electrons. The summed E-state index contributed by atoms with van der Waals surface area (Å²) in [5, 5.41) is 22.9. The molecule has 0 spiro atoms. The van der Waals surface area contributed by atoms with Crippen LogP contribution in [0.4, 0.5) is 0 Å². The van der Waals surface area contributed by atoms with Crippen LogP contribution in [-0.2, 0) is 32.1 Å². The summed E-state index contributed by atoms with van der Waals surface area (Å²) in [4.78, 5) is 58.9. The summed E-state index contributed by atoms with van der Waals surface area (Å²) in [5.74, 6) is -4.47. The molecular weight excluding hydrogens is 588 g/mol. The van der Waals surface area contributed by atoms with Crippen LogP contribution in [0.15, 0.2) is 59.6 Å². The molecule has 1 fully saturated rings. The van der Waals surface area contributed by atoms with Crippen LogP contribution in [0, 0.1) is 17.2 Å². The Balaban J connectivity index is 1.85. The molecule has 0 heterocycles. The normalized spacial score (nSPS) is 15.1. The molecule has 0 aromatic heterocycles. The minimum atomic E-state index is -1.21. The summed E-state index contributed by atoms with van der Waals surface area (Å²) < 4.78 is 0. The second-order valence-corrected chi connectivity index (χ2v) is 11.8. The summed E-state index contributed by atoms with van der Waals surface area (Å²) in [5.41, 5.74) is 18.4. The van der Waals surface area contributed by atoms with Crippen molar-refractivity contribution < 1.29 is 24.3 Å². The largest absolute Gasteiger partial charge is 0.480 e. The molecule has 10 N–H and O–H groups in total. The van der Waals surface area contributed by atoms with Crippen LogP contribution in [-0.4, -0.2) is 71.2 Å². The molecule has 3 amide bonds. The van der Waals surface area contributed by atoms with Crippen molar-refractivity contribution in [1.29, 1.82) is 5.41 Å². The van der Waals surface area contributed by atoms with Crippen molar-refractivity contribution in [3.63, 3.8) is 0 Å². The number of nitrogens with zero attached hydrogens (tertiary/aromatic N) is 2. The van der Waals surface area contributed by atoms with Gasteiger partial charge < -0.3 is 37.8 Å². The van der Waals surface area contributed by atoms with Crippen LogP contribution in [0.1, 0.15) is 61.6 Å². The average Bonchev–Trinajstić information content (AvgIpc) is 3.04. The van der Waals surface area contributed by atoms with Crippen molar-refractivity contribution >= 4 is 35.5 Å². The number of nitrogens with two attached hydrogens (primary N) is 3. The Labute approximate surface area is 269 Å². The van der Waals surface area contributed by atoms with Gasteiger partial charge in [-0.25, -0.2) is 4.79 Å². The third-order valence-electron chi connectivity index (χ3n) is 8.22. The van der Waals surface area contributed by atoms with Gasteiger partial charge in [0, 0.05) is 25.7 Å². The lowest BCUT2D eigenvalue weighted by Crippen LogP contribution is -2.57. The highest BCUT2D eigenvalue weighted by Crippen LogP contribution is 2.27. The van der Waals surface area contributed by atoms with E-state index < -0.39 is 41.7 Å². The first-order chi connectivity index (χ1) is 22.0. The number of aliphatic carboxylic acids is 1. The molecule has 1 aliphatic carbocycles. The van der Waals surface area contributed by atoms with Gasteiger partial charge in [0.25, 0.3) is 0 Å². The van der Waals surface area contributed by atoms with Gasteiger partial charge in [0.2, 0.25) is 17.7 Å². The van der Waals surface area contributed by atoms with Crippen molar-refractivity contribution in [2.45, 2.75) is 70.0 Å². The van der Waals surface area contributed by atoms with E-state index in [4.69, 9.17) is 22.6 Å². The summed E-state index contributed by atoms with van der Waals surface area (Å²) in [6.45, 7) is 0.484. The van der Waals surface area contributed by atoms with Crippen LogP contribution < -0.4 is 27.8 Å². The Morgan fingerprint density at radius 3 is 2.17 bits per heavy atom. The van der Waals surface area contributed by atoms with Crippen molar-refractivity contribution in [1.82, 2.24) is 15.5 Å². The van der Waals surface area contributed by atoms with Gasteiger partial charge in [0.15, 0.2) is 5.96 Å². The Kier molecular flexibility index (Phi) is 13.5. The van der Waals surface area contributed by atoms with Gasteiger partial charge in [-0.05, 0) is 49.1 Å². The maximum Gasteiger partial charge on any atom is 0.326 e. The van der Waals surface area contributed by atoms with E-state index in [1.165, 1.54) is 4.90 Å². The van der Waals surface area contributed by atoms with Crippen LogP contribution >= 0.6 is 0 Å². The van der Waals surface area contributed by atoms with Crippen molar-refractivity contribution in [3.05, 3.63) is 71.3 Å². The van der Waals surface area contributed by atoms with Gasteiger partial charge >= 0.3 is 5.97 Å². The average molecular weight is 635 g/mol. The third kappa shape index (κ3) is 10.9. The number of nitrogens with one attached hydrogen (secondary N) is 3. The molecule has 3 unspecified atom stereocenters. The number of nitrogen functional groups attached to an aromatic ring is 1. The number of aliphatic imine (C=N–C) groups is 1. The van der Waals surface area contributed by atoms with Crippen molar-refractivity contribution in [3.8, 4) is 0 Å². The number of amidine groups is 1. The SMILES string of the molecule is CN(Cc1ccccc1)C(=O)C(Cc1ccc(C(=N)N)cc1)C(=O)NC(C(=O)NC(CCCN=C(N)N)C(=O)O)C1CCCCC1. The quantitative estimate of drug-likeness (QED) is 0.0617. The number of guanidine groups is 1. The third-order valence-corrected chi connectivity index (χ3v) is 8.22. The number of carbonyl (C=O) groups is 4. The highest BCUT2D eigenvalue weighted by molar-refractivity contribution is 6.02. The van der Waals surface area contributed by atoms with E-state index in [1.807, 2.05) is 30.3 Å². The molecule has 2 aromatic carbocycles. The number of carboxylic acid groups (broad SMARTS) is 1. The maximum absolute atomic E-state index is 14.0. The maximum atomic E-state index is 14.0. The lowest BCUT2D eigenvalue weighted by molar-refractivity contribution is -0.144. The molecule has 0 saturated heterocycles. The van der Waals surface area contributed by atoms with E-state index in [-0.39, 0.29) is 43.6 Å². The number of hydrogen-bond donors (Lipinski definition) is 7. The zero-order valence-corrected chi connectivity index (χ0v) is 26.3. The van der Waals surface area contributed by atoms with E-state index in [1.54, 1.807) is 31.3 Å². The number of hydrogen-bond acceptors (Lipinski definition) is 6. The zero-order chi connectivity index (χ0) is 33.6. The molecule has 0 bridgehead atoms. The van der Waals surface area contributed by atoms with Crippen LogP contribution in [0.5, 0.6) is 0 Å². The van der Waals surface area contributed by atoms with E-state index in [0.717, 1.165) is 24.8 Å². The van der Waals surface area contributed by atoms with E-state index in [0.29, 0.717) is 30.4 Å². The fourth-order valence-electron chi connectivity index (χ4n) is 5.69. The van der Waals surface area contributed by atoms with Gasteiger partial charge in [-0.1, -0.05) is 73.9 Å². The summed E-state index contributed by atoms with van der Waals surface area (Å²) in [7, 11) is 1.62. The van der Waals surface area contributed by atoms with Crippen molar-refractivity contribution in [2.75, 3.05) is 13.6 Å². The molecule has 13 heteroatoms. The smallest absolute Gasteiger partial charge is 0.326 e. The van der Waals surface area contributed by atoms with Gasteiger partial charge in [0.1, 0.15) is 23.8 Å². The molecule has 3 rings (SSSR count). The lowest BCUT2D eigenvalue weighted by atomic mass is 9.83. The standard InChI is InChI=1S/C33H46N8O5/c1-41(20-22-9-4-2-5-10-22)31(44)25(19-21-14-16-24(17-15-21)28(34)35)29(42)40-27(23-11-6-3-7-12-23)30(43)39-26(32(45)46)13-8-18-38-33(36)37/h2,4-5,9-10,14-17,23,25-27H,3,6-8,11-13,18-20H2,1H3,(H3,34,35)(H,39,43)(H,40,42)(H,45,46)(H4,36,37,38). The molecule has 2 aromatic rings. The van der Waals surface area contributed by atoms with E-state index >= 15 is 0 Å². The topological polar surface area (TPSA) is 230 Å². The molecule has 0 aliphatic heterocycles. The molecule has 248 valence electrons. The Bertz CT molecular complexity index is 1370. The van der Waals surface area contributed by atoms with E-state index in [9.17, 15) is 24.3 Å². The minimum absolute atomic E-state index is 0.0452. The second-order valence-electron chi connectivity index (χ2n) is 11.8. The number of benzene rings is 2. The van der Waals surface area contributed by atoms with Gasteiger partial charge in [-0.15, -0.1) is 0 Å². The van der Waals surface area contributed by atoms with Crippen LogP contribution in [0.2, 0.25) is 0 Å². The first-order valence-corrected chi connectivity index (χ1v) is 15.6. The van der Waals surface area contributed by atoms with Gasteiger partial charge in [0.05, 0.1) is 0 Å². The summed E-state index contributed by atoms with van der Waals surface area (Å²) >= 11 is 0. The molecule has 13 nitrogen and oxygen atoms in total. The molecule has 1 aliphatic rings. The number of amides is 3. The molecule has 1 saturated carbocycles. The number of carboxylic acids is 1. The van der Waals surface area contributed by atoms with Gasteiger partial charge in [-0.2, -0.15) is 0 Å². The van der Waals surface area contributed by atoms with Crippen molar-refractivity contribution in [2.24, 2.45) is 34.0 Å². The fourth-order valence-corrected chi connectivity index (χ4v) is 5.69.